The third-order valence-corrected chi connectivity index (χ3v) is 8.78. The van der Waals surface area contributed by atoms with E-state index in [4.69, 9.17) is 14.2 Å². The summed E-state index contributed by atoms with van der Waals surface area (Å²) in [6.45, 7) is 3.57. The Labute approximate surface area is 229 Å². The second-order valence-electron chi connectivity index (χ2n) is 9.16. The molecule has 1 atom stereocenters. The van der Waals surface area contributed by atoms with Crippen molar-refractivity contribution < 1.29 is 32.2 Å². The van der Waals surface area contributed by atoms with Crippen molar-refractivity contribution in [3.8, 4) is 11.5 Å². The second-order valence-corrected chi connectivity index (χ2v) is 11.1. The monoisotopic (exact) mass is 558 g/mol. The van der Waals surface area contributed by atoms with Gasteiger partial charge < -0.3 is 19.5 Å². The highest BCUT2D eigenvalue weighted by molar-refractivity contribution is 7.89. The third-order valence-electron chi connectivity index (χ3n) is 6.86. The van der Waals surface area contributed by atoms with Crippen LogP contribution in [0.5, 0.6) is 11.5 Å². The molecule has 11 nitrogen and oxygen atoms in total. The summed E-state index contributed by atoms with van der Waals surface area (Å²) in [5, 5.41) is 2.90. The van der Waals surface area contributed by atoms with Crippen LogP contribution in [0.15, 0.2) is 64.7 Å². The number of hydrogen-bond donors (Lipinski definition) is 1. The number of methoxy groups -OCH3 is 2. The number of urea groups is 1. The molecule has 0 saturated carbocycles. The summed E-state index contributed by atoms with van der Waals surface area (Å²) in [5.41, 5.74) is 1.39. The molecule has 2 aliphatic heterocycles. The molecule has 0 radical (unpaired) electrons. The molecule has 1 N–H and O–H groups in total. The second kappa shape index (κ2) is 12.1. The molecule has 1 saturated heterocycles. The Morgan fingerprint density at radius 2 is 1.62 bits per heavy atom. The maximum atomic E-state index is 13.3. The Hall–Kier alpha value is -3.61. The highest BCUT2D eigenvalue weighted by atomic mass is 32.2. The fourth-order valence-electron chi connectivity index (χ4n) is 4.73. The Morgan fingerprint density at radius 1 is 1.00 bits per heavy atom. The molecular weight excluding hydrogens is 524 g/mol. The first-order valence-corrected chi connectivity index (χ1v) is 14.1. The molecule has 2 aromatic rings. The van der Waals surface area contributed by atoms with E-state index in [0.717, 1.165) is 0 Å². The lowest BCUT2D eigenvalue weighted by molar-refractivity contribution is -0.139. The topological polar surface area (TPSA) is 118 Å². The fourth-order valence-corrected chi connectivity index (χ4v) is 6.17. The summed E-state index contributed by atoms with van der Waals surface area (Å²) in [5.74, 6) is 0.479. The van der Waals surface area contributed by atoms with Crippen LogP contribution in [0.3, 0.4) is 0 Å². The summed E-state index contributed by atoms with van der Waals surface area (Å²) in [4.78, 5) is 30.1. The van der Waals surface area contributed by atoms with Crippen molar-refractivity contribution in [1.82, 2.24) is 19.4 Å². The summed E-state index contributed by atoms with van der Waals surface area (Å²) in [6, 6.07) is 12.3. The van der Waals surface area contributed by atoms with E-state index in [1.54, 1.807) is 62.5 Å². The quantitative estimate of drug-likeness (QED) is 0.466. The Bertz CT molecular complexity index is 1320. The minimum atomic E-state index is -3.61. The number of carbonyl (C=O) groups is 2. The Balaban J connectivity index is 1.64. The minimum absolute atomic E-state index is 0.164. The average Bonchev–Trinajstić information content (AvgIpc) is 2.95. The zero-order valence-electron chi connectivity index (χ0n) is 22.5. The molecule has 2 aromatic carbocycles. The SMILES string of the molecule is CCOC(=O)C1=C(CN2CCN(S(=O)(=O)c3ccccc3)CC2)N(C)C(=O)NC1c1cc(OC)cc(OC)c1. The van der Waals surface area contributed by atoms with Crippen molar-refractivity contribution in [2.75, 3.05) is 60.6 Å². The van der Waals surface area contributed by atoms with Gasteiger partial charge in [-0.15, -0.1) is 0 Å². The van der Waals surface area contributed by atoms with Crippen molar-refractivity contribution in [2.24, 2.45) is 0 Å². The molecule has 1 unspecified atom stereocenters. The molecule has 2 heterocycles. The van der Waals surface area contributed by atoms with Gasteiger partial charge in [0.15, 0.2) is 0 Å². The number of hydrogen-bond acceptors (Lipinski definition) is 8. The van der Waals surface area contributed by atoms with Crippen molar-refractivity contribution in [3.05, 3.63) is 65.4 Å². The Morgan fingerprint density at radius 3 is 2.18 bits per heavy atom. The molecule has 39 heavy (non-hydrogen) atoms. The van der Waals surface area contributed by atoms with E-state index in [1.807, 2.05) is 4.90 Å². The van der Waals surface area contributed by atoms with Gasteiger partial charge in [-0.3, -0.25) is 9.80 Å². The largest absolute Gasteiger partial charge is 0.497 e. The molecule has 0 aliphatic carbocycles. The van der Waals surface area contributed by atoms with Crippen LogP contribution in [-0.2, 0) is 19.6 Å². The van der Waals surface area contributed by atoms with E-state index in [1.165, 1.54) is 23.4 Å². The van der Waals surface area contributed by atoms with Crippen LogP contribution in [0.1, 0.15) is 18.5 Å². The number of carbonyl (C=O) groups excluding carboxylic acids is 2. The molecule has 2 aliphatic rings. The molecular formula is C27H34N4O7S. The van der Waals surface area contributed by atoms with Gasteiger partial charge >= 0.3 is 12.0 Å². The number of rotatable bonds is 9. The van der Waals surface area contributed by atoms with Gasteiger partial charge in [0.25, 0.3) is 0 Å². The third kappa shape index (κ3) is 6.02. The van der Waals surface area contributed by atoms with Crippen molar-refractivity contribution in [1.29, 1.82) is 0 Å². The van der Waals surface area contributed by atoms with Gasteiger partial charge in [-0.1, -0.05) is 18.2 Å². The van der Waals surface area contributed by atoms with Crippen LogP contribution in [0.2, 0.25) is 0 Å². The van der Waals surface area contributed by atoms with Gasteiger partial charge in [0, 0.05) is 51.5 Å². The predicted octanol–water partition coefficient (Wildman–Crippen LogP) is 2.22. The first-order valence-electron chi connectivity index (χ1n) is 12.6. The lowest BCUT2D eigenvalue weighted by Crippen LogP contribution is -2.53. The Kier molecular flexibility index (Phi) is 8.78. The van der Waals surface area contributed by atoms with Gasteiger partial charge in [-0.25, -0.2) is 18.0 Å². The van der Waals surface area contributed by atoms with Crippen LogP contribution in [0.25, 0.3) is 0 Å². The number of nitrogens with one attached hydrogen (secondary N) is 1. The molecule has 0 aromatic heterocycles. The summed E-state index contributed by atoms with van der Waals surface area (Å²) in [7, 11) is 1.04. The number of esters is 1. The number of amides is 2. The highest BCUT2D eigenvalue weighted by Crippen LogP contribution is 2.35. The molecule has 12 heteroatoms. The molecule has 1 fully saturated rings. The maximum Gasteiger partial charge on any atom is 0.338 e. The minimum Gasteiger partial charge on any atom is -0.497 e. The van der Waals surface area contributed by atoms with Crippen LogP contribution in [0.4, 0.5) is 4.79 Å². The van der Waals surface area contributed by atoms with Gasteiger partial charge in [0.05, 0.1) is 37.3 Å². The zero-order valence-corrected chi connectivity index (χ0v) is 23.4. The number of benzene rings is 2. The van der Waals surface area contributed by atoms with Crippen LogP contribution < -0.4 is 14.8 Å². The van der Waals surface area contributed by atoms with E-state index in [0.29, 0.717) is 41.4 Å². The summed E-state index contributed by atoms with van der Waals surface area (Å²) < 4.78 is 43.8. The van der Waals surface area contributed by atoms with Gasteiger partial charge in [0.2, 0.25) is 10.0 Å². The van der Waals surface area contributed by atoms with E-state index in [-0.39, 0.29) is 37.2 Å². The van der Waals surface area contributed by atoms with Crippen molar-refractivity contribution in [2.45, 2.75) is 17.9 Å². The fraction of sp³-hybridized carbons (Fsp3) is 0.407. The first kappa shape index (κ1) is 28.4. The standard InChI is InChI=1S/C27H34N4O7S/c1-5-38-26(32)24-23(18-30-11-13-31(14-12-30)39(34,35)22-9-7-6-8-10-22)29(2)27(33)28-25(24)19-15-20(36-3)17-21(16-19)37-4/h6-10,15-17,25H,5,11-14,18H2,1-4H3,(H,28,33). The van der Waals surface area contributed by atoms with E-state index in [2.05, 4.69) is 5.32 Å². The maximum absolute atomic E-state index is 13.3. The summed E-state index contributed by atoms with van der Waals surface area (Å²) in [6.07, 6.45) is 0. The van der Waals surface area contributed by atoms with Gasteiger partial charge in [-0.05, 0) is 36.8 Å². The zero-order chi connectivity index (χ0) is 28.2. The number of likely N-dealkylation sites (N-methyl/N-ethyl adjacent to an activating group) is 1. The lowest BCUT2D eigenvalue weighted by Gasteiger charge is -2.39. The van der Waals surface area contributed by atoms with Gasteiger partial charge in [-0.2, -0.15) is 4.31 Å². The highest BCUT2D eigenvalue weighted by Gasteiger charge is 2.38. The van der Waals surface area contributed by atoms with Crippen molar-refractivity contribution in [3.63, 3.8) is 0 Å². The summed E-state index contributed by atoms with van der Waals surface area (Å²) >= 11 is 0. The smallest absolute Gasteiger partial charge is 0.338 e. The molecule has 0 spiro atoms. The predicted molar refractivity (Wildman–Crippen MR) is 144 cm³/mol. The molecule has 4 rings (SSSR count). The van der Waals surface area contributed by atoms with E-state index in [9.17, 15) is 18.0 Å². The van der Waals surface area contributed by atoms with E-state index < -0.39 is 22.0 Å². The number of ether oxygens (including phenoxy) is 3. The van der Waals surface area contributed by atoms with Crippen LogP contribution in [-0.4, -0.2) is 95.1 Å². The lowest BCUT2D eigenvalue weighted by atomic mass is 9.93. The van der Waals surface area contributed by atoms with Crippen molar-refractivity contribution >= 4 is 22.0 Å². The number of sulfonamides is 1. The number of nitrogens with zero attached hydrogens (tertiary/aromatic N) is 3. The van der Waals surface area contributed by atoms with Crippen LogP contribution in [0, 0.1) is 0 Å². The number of piperazine rings is 1. The molecule has 2 amide bonds. The molecule has 0 bridgehead atoms. The van der Waals surface area contributed by atoms with Crippen LogP contribution >= 0.6 is 0 Å². The van der Waals surface area contributed by atoms with Gasteiger partial charge in [0.1, 0.15) is 11.5 Å². The van der Waals surface area contributed by atoms with E-state index >= 15 is 0 Å². The first-order chi connectivity index (χ1) is 18.7. The molecule has 210 valence electrons. The normalized spacial score (nSPS) is 19.0. The average molecular weight is 559 g/mol.